The number of amides is 1. The molecule has 3 aromatic rings. The van der Waals surface area contributed by atoms with E-state index in [1.807, 2.05) is 37.3 Å². The molecule has 1 aromatic heterocycles. The Bertz CT molecular complexity index is 1050. The van der Waals surface area contributed by atoms with Gasteiger partial charge in [-0.15, -0.1) is 0 Å². The normalized spacial score (nSPS) is 14.4. The summed E-state index contributed by atoms with van der Waals surface area (Å²) in [4.78, 5) is 21.0. The Balaban J connectivity index is 0.000000222. The molecule has 168 valence electrons. The number of piperidine rings is 1. The van der Waals surface area contributed by atoms with Crippen LogP contribution < -0.4 is 11.1 Å². The highest BCUT2D eigenvalue weighted by Gasteiger charge is 2.16. The zero-order valence-corrected chi connectivity index (χ0v) is 18.8. The van der Waals surface area contributed by atoms with E-state index < -0.39 is 0 Å². The third kappa shape index (κ3) is 6.34. The molecule has 4 rings (SSSR count). The molecule has 0 atom stereocenters. The van der Waals surface area contributed by atoms with E-state index in [0.717, 1.165) is 42.6 Å². The van der Waals surface area contributed by atoms with Gasteiger partial charge in [0.15, 0.2) is 0 Å². The number of aryl methyl sites for hydroxylation is 1. The predicted molar refractivity (Wildman–Crippen MR) is 126 cm³/mol. The van der Waals surface area contributed by atoms with Gasteiger partial charge in [-0.1, -0.05) is 30.3 Å². The first-order valence-corrected chi connectivity index (χ1v) is 10.7. The molecule has 2 heterocycles. The van der Waals surface area contributed by atoms with Crippen LogP contribution in [-0.2, 0) is 4.79 Å². The third-order valence-electron chi connectivity index (χ3n) is 5.50. The SMILES string of the molecule is CC(=O)NC1CCN(C)CC1.Cc1ccccc1-c1ccc(-c2cnc(N)cn2)c(F)c1. The molecule has 0 aliphatic carbocycles. The van der Waals surface area contributed by atoms with Crippen molar-refractivity contribution < 1.29 is 9.18 Å². The molecule has 1 aliphatic heterocycles. The number of nitrogen functional groups attached to an aromatic ring is 1. The van der Waals surface area contributed by atoms with E-state index in [4.69, 9.17) is 5.73 Å². The first kappa shape index (κ1) is 23.3. The average Bonchev–Trinajstić information content (AvgIpc) is 2.77. The highest BCUT2D eigenvalue weighted by Crippen LogP contribution is 2.28. The maximum absolute atomic E-state index is 14.4. The van der Waals surface area contributed by atoms with Crippen molar-refractivity contribution in [1.29, 1.82) is 0 Å². The van der Waals surface area contributed by atoms with Gasteiger partial charge in [0.25, 0.3) is 0 Å². The number of rotatable bonds is 3. The van der Waals surface area contributed by atoms with Crippen LogP contribution in [0.15, 0.2) is 54.9 Å². The summed E-state index contributed by atoms with van der Waals surface area (Å²) in [6.45, 7) is 5.79. The zero-order valence-electron chi connectivity index (χ0n) is 18.8. The molecular weight excluding hydrogens is 405 g/mol. The quantitative estimate of drug-likeness (QED) is 0.648. The van der Waals surface area contributed by atoms with Crippen LogP contribution in [0.4, 0.5) is 10.2 Å². The second-order valence-corrected chi connectivity index (χ2v) is 8.11. The maximum Gasteiger partial charge on any atom is 0.217 e. The van der Waals surface area contributed by atoms with E-state index in [-0.39, 0.29) is 11.7 Å². The van der Waals surface area contributed by atoms with Crippen LogP contribution in [0.25, 0.3) is 22.4 Å². The van der Waals surface area contributed by atoms with Gasteiger partial charge in [0.2, 0.25) is 5.91 Å². The first-order valence-electron chi connectivity index (χ1n) is 10.7. The number of halogens is 1. The van der Waals surface area contributed by atoms with Gasteiger partial charge >= 0.3 is 0 Å². The average molecular weight is 436 g/mol. The molecular formula is C25H30FN5O. The lowest BCUT2D eigenvalue weighted by atomic mass is 9.98. The largest absolute Gasteiger partial charge is 0.382 e. The number of carbonyl (C=O) groups is 1. The summed E-state index contributed by atoms with van der Waals surface area (Å²) < 4.78 is 14.4. The molecule has 2 aromatic carbocycles. The highest BCUT2D eigenvalue weighted by atomic mass is 19.1. The van der Waals surface area contributed by atoms with Crippen molar-refractivity contribution in [3.8, 4) is 22.4 Å². The molecule has 1 fully saturated rings. The molecule has 7 heteroatoms. The van der Waals surface area contributed by atoms with E-state index >= 15 is 0 Å². The molecule has 0 saturated carbocycles. The molecule has 1 saturated heterocycles. The molecule has 0 bridgehead atoms. The Hall–Kier alpha value is -3.32. The van der Waals surface area contributed by atoms with Crippen molar-refractivity contribution in [3.05, 3.63) is 66.2 Å². The number of likely N-dealkylation sites (tertiary alicyclic amines) is 1. The predicted octanol–water partition coefficient (Wildman–Crippen LogP) is 4.06. The highest BCUT2D eigenvalue weighted by molar-refractivity contribution is 5.73. The minimum Gasteiger partial charge on any atom is -0.382 e. The second-order valence-electron chi connectivity index (χ2n) is 8.11. The molecule has 1 aliphatic rings. The lowest BCUT2D eigenvalue weighted by Gasteiger charge is -2.29. The van der Waals surface area contributed by atoms with E-state index in [0.29, 0.717) is 23.1 Å². The number of hydrogen-bond acceptors (Lipinski definition) is 5. The lowest BCUT2D eigenvalue weighted by Crippen LogP contribution is -2.42. The number of carbonyl (C=O) groups excluding carboxylic acids is 1. The van der Waals surface area contributed by atoms with Gasteiger partial charge < -0.3 is 16.0 Å². The first-order chi connectivity index (χ1) is 15.3. The minimum atomic E-state index is -0.324. The summed E-state index contributed by atoms with van der Waals surface area (Å²) in [5.41, 5.74) is 9.35. The van der Waals surface area contributed by atoms with Gasteiger partial charge in [-0.3, -0.25) is 9.78 Å². The van der Waals surface area contributed by atoms with Gasteiger partial charge in [0.1, 0.15) is 11.6 Å². The number of nitrogens with one attached hydrogen (secondary N) is 1. The van der Waals surface area contributed by atoms with Crippen molar-refractivity contribution >= 4 is 11.7 Å². The summed E-state index contributed by atoms with van der Waals surface area (Å²) in [6, 6.07) is 13.4. The van der Waals surface area contributed by atoms with Crippen LogP contribution in [0.3, 0.4) is 0 Å². The fraction of sp³-hybridized carbons (Fsp3) is 0.320. The van der Waals surface area contributed by atoms with E-state index in [2.05, 4.69) is 27.2 Å². The summed E-state index contributed by atoms with van der Waals surface area (Å²) in [6.07, 6.45) is 5.08. The van der Waals surface area contributed by atoms with Gasteiger partial charge in [-0.25, -0.2) is 9.37 Å². The number of aromatic nitrogens is 2. The Morgan fingerprint density at radius 2 is 1.81 bits per heavy atom. The van der Waals surface area contributed by atoms with E-state index in [1.54, 1.807) is 13.0 Å². The monoisotopic (exact) mass is 435 g/mol. The van der Waals surface area contributed by atoms with Crippen LogP contribution in [-0.4, -0.2) is 47.0 Å². The van der Waals surface area contributed by atoms with Crippen LogP contribution in [0.1, 0.15) is 25.3 Å². The number of anilines is 1. The molecule has 1 amide bonds. The molecule has 0 unspecified atom stereocenters. The Morgan fingerprint density at radius 3 is 2.41 bits per heavy atom. The third-order valence-corrected chi connectivity index (χ3v) is 5.50. The Kier molecular flexibility index (Phi) is 7.89. The molecule has 6 nitrogen and oxygen atoms in total. The van der Waals surface area contributed by atoms with Crippen molar-refractivity contribution in [2.45, 2.75) is 32.7 Å². The van der Waals surface area contributed by atoms with Crippen LogP contribution in [0, 0.1) is 12.7 Å². The van der Waals surface area contributed by atoms with Crippen molar-refractivity contribution in [1.82, 2.24) is 20.2 Å². The summed E-state index contributed by atoms with van der Waals surface area (Å²) in [5, 5.41) is 2.94. The lowest BCUT2D eigenvalue weighted by molar-refractivity contribution is -0.119. The number of benzene rings is 2. The number of hydrogen-bond donors (Lipinski definition) is 2. The minimum absolute atomic E-state index is 0.0968. The molecule has 0 spiro atoms. The van der Waals surface area contributed by atoms with Gasteiger partial charge in [0.05, 0.1) is 18.1 Å². The van der Waals surface area contributed by atoms with Gasteiger partial charge in [0, 0.05) is 18.5 Å². The Labute approximate surface area is 188 Å². The van der Waals surface area contributed by atoms with E-state index in [1.165, 1.54) is 18.5 Å². The smallest absolute Gasteiger partial charge is 0.217 e. The summed E-state index contributed by atoms with van der Waals surface area (Å²) in [7, 11) is 2.12. The van der Waals surface area contributed by atoms with Crippen LogP contribution in [0.2, 0.25) is 0 Å². The molecule has 3 N–H and O–H groups in total. The van der Waals surface area contributed by atoms with E-state index in [9.17, 15) is 9.18 Å². The van der Waals surface area contributed by atoms with Gasteiger partial charge in [-0.05, 0) is 68.7 Å². The van der Waals surface area contributed by atoms with Crippen LogP contribution in [0.5, 0.6) is 0 Å². The van der Waals surface area contributed by atoms with Crippen molar-refractivity contribution in [2.75, 3.05) is 25.9 Å². The number of nitrogens with two attached hydrogens (primary N) is 1. The topological polar surface area (TPSA) is 84.1 Å². The van der Waals surface area contributed by atoms with Crippen LogP contribution >= 0.6 is 0 Å². The maximum atomic E-state index is 14.4. The number of nitrogens with zero attached hydrogens (tertiary/aromatic N) is 3. The fourth-order valence-corrected chi connectivity index (χ4v) is 3.70. The van der Waals surface area contributed by atoms with Gasteiger partial charge in [-0.2, -0.15) is 0 Å². The standard InChI is InChI=1S/C17H14FN3.C8H16N2O/c1-11-4-2-3-5-13(11)12-6-7-14(15(18)8-12)16-9-21-17(19)10-20-16;1-7(11)9-8-3-5-10(2)6-4-8/h2-10H,1H3,(H2,19,21);8H,3-6H2,1-2H3,(H,9,11). The fourth-order valence-electron chi connectivity index (χ4n) is 3.70. The Morgan fingerprint density at radius 1 is 1.09 bits per heavy atom. The zero-order chi connectivity index (χ0) is 23.1. The summed E-state index contributed by atoms with van der Waals surface area (Å²) in [5.74, 6) is 0.0880. The van der Waals surface area contributed by atoms with Crippen molar-refractivity contribution in [3.63, 3.8) is 0 Å². The molecule has 0 radical (unpaired) electrons. The molecule has 32 heavy (non-hydrogen) atoms. The second kappa shape index (κ2) is 10.8. The summed E-state index contributed by atoms with van der Waals surface area (Å²) >= 11 is 0. The van der Waals surface area contributed by atoms with Crippen molar-refractivity contribution in [2.24, 2.45) is 0 Å².